The van der Waals surface area contributed by atoms with Crippen LogP contribution in [-0.2, 0) is 9.47 Å². The van der Waals surface area contributed by atoms with Crippen LogP contribution < -0.4 is 4.90 Å². The molecular weight excluding hydrogens is 458 g/mol. The Morgan fingerprint density at radius 2 is 2.10 bits per heavy atom. The van der Waals surface area contributed by atoms with E-state index in [1.165, 1.54) is 28.6 Å². The molecule has 4 atom stereocenters. The molecule has 2 aromatic rings. The average Bonchev–Trinajstić information content (AvgIpc) is 3.09. The van der Waals surface area contributed by atoms with Gasteiger partial charge < -0.3 is 14.4 Å². The van der Waals surface area contributed by atoms with Gasteiger partial charge in [0.25, 0.3) is 0 Å². The lowest BCUT2D eigenvalue weighted by atomic mass is 9.74. The first-order valence-corrected chi connectivity index (χ1v) is 11.4. The zero-order chi connectivity index (χ0) is 21.7. The normalized spacial score (nSPS) is 25.5. The number of esters is 1. The minimum Gasteiger partial charge on any atom is -0.431 e. The Balaban J connectivity index is 1.46. The predicted octanol–water partition coefficient (Wildman–Crippen LogP) is 3.92. The van der Waals surface area contributed by atoms with Crippen LogP contribution in [0.3, 0.4) is 0 Å². The van der Waals surface area contributed by atoms with Gasteiger partial charge in [-0.25, -0.2) is 4.79 Å². The van der Waals surface area contributed by atoms with Crippen LogP contribution in [0.15, 0.2) is 47.2 Å². The van der Waals surface area contributed by atoms with Crippen molar-refractivity contribution in [3.05, 3.63) is 63.9 Å². The smallest absolute Gasteiger partial charge is 0.342 e. The lowest BCUT2D eigenvalue weighted by Crippen LogP contribution is -2.46. The molecule has 0 fully saturated rings. The van der Waals surface area contributed by atoms with E-state index in [4.69, 9.17) is 9.47 Å². The number of pyridine rings is 1. The number of hydrogen-bond donors (Lipinski definition) is 0. The first kappa shape index (κ1) is 20.7. The number of likely N-dealkylation sites (N-methyl/N-ethyl adjacent to an activating group) is 2. The van der Waals surface area contributed by atoms with E-state index in [0.717, 1.165) is 24.0 Å². The maximum atomic E-state index is 12.7. The molecule has 5 rings (SSSR count). The fourth-order valence-corrected chi connectivity index (χ4v) is 5.75. The molecule has 3 aliphatic rings. The molecule has 3 heterocycles. The Labute approximate surface area is 191 Å². The Bertz CT molecular complexity index is 1060. The monoisotopic (exact) mass is 483 g/mol. The minimum atomic E-state index is -0.667. The Morgan fingerprint density at radius 3 is 2.87 bits per heavy atom. The molecule has 1 aromatic carbocycles. The summed E-state index contributed by atoms with van der Waals surface area (Å²) < 4.78 is 12.2. The van der Waals surface area contributed by atoms with Crippen LogP contribution in [0.25, 0.3) is 5.57 Å². The molecular formula is C24H26BrN3O3. The highest BCUT2D eigenvalue weighted by molar-refractivity contribution is 9.10. The van der Waals surface area contributed by atoms with E-state index in [-0.39, 0.29) is 5.92 Å². The molecule has 0 saturated carbocycles. The highest BCUT2D eigenvalue weighted by Crippen LogP contribution is 2.50. The van der Waals surface area contributed by atoms with Crippen LogP contribution in [0, 0.1) is 5.92 Å². The maximum Gasteiger partial charge on any atom is 0.342 e. The SMILES string of the molecule is COC(OC(=O)c1cncc(Br)c1)[C@@H]1C=C2c3cccc4c3C(C[C@H]2N(C)C1)CN4C. The van der Waals surface area contributed by atoms with Crippen molar-refractivity contribution in [2.45, 2.75) is 24.7 Å². The zero-order valence-corrected chi connectivity index (χ0v) is 19.5. The molecule has 2 aliphatic heterocycles. The third-order valence-electron chi connectivity index (χ3n) is 6.74. The van der Waals surface area contributed by atoms with Gasteiger partial charge in [-0.05, 0) is 58.2 Å². The van der Waals surface area contributed by atoms with E-state index in [9.17, 15) is 4.79 Å². The zero-order valence-electron chi connectivity index (χ0n) is 17.9. The first-order valence-electron chi connectivity index (χ1n) is 10.6. The van der Waals surface area contributed by atoms with Crippen molar-refractivity contribution < 1.29 is 14.3 Å². The number of methoxy groups -OCH3 is 1. The number of hydrogen-bond acceptors (Lipinski definition) is 6. The van der Waals surface area contributed by atoms with E-state index in [2.05, 4.69) is 69.1 Å². The van der Waals surface area contributed by atoms with Gasteiger partial charge in [-0.15, -0.1) is 0 Å². The lowest BCUT2D eigenvalue weighted by molar-refractivity contribution is -0.117. The second-order valence-electron chi connectivity index (χ2n) is 8.69. The fraction of sp³-hybridized carbons (Fsp3) is 0.417. The quantitative estimate of drug-likeness (QED) is 0.485. The molecule has 0 bridgehead atoms. The summed E-state index contributed by atoms with van der Waals surface area (Å²) in [6.45, 7) is 1.85. The van der Waals surface area contributed by atoms with Crippen molar-refractivity contribution in [1.29, 1.82) is 0 Å². The van der Waals surface area contributed by atoms with Gasteiger partial charge in [-0.3, -0.25) is 9.88 Å². The molecule has 7 heteroatoms. The Kier molecular flexibility index (Phi) is 5.36. The summed E-state index contributed by atoms with van der Waals surface area (Å²) >= 11 is 3.35. The number of benzene rings is 1. The fourth-order valence-electron chi connectivity index (χ4n) is 5.39. The second kappa shape index (κ2) is 8.04. The molecule has 162 valence electrons. The molecule has 0 radical (unpaired) electrons. The van der Waals surface area contributed by atoms with Gasteiger partial charge in [0.15, 0.2) is 0 Å². The standard InChI is InChI=1S/C24H26BrN3O3/c1-27-12-15-9-21-19(18-5-4-6-20(27)22(15)18)8-16(13-28(21)2)24(30-3)31-23(29)14-7-17(25)11-26-10-14/h4-8,10-11,15-16,21,24H,9,12-13H2,1-3H3/t15?,16-,21-,24?/m1/s1. The summed E-state index contributed by atoms with van der Waals surface area (Å²) in [4.78, 5) is 21.5. The third-order valence-corrected chi connectivity index (χ3v) is 7.18. The molecule has 31 heavy (non-hydrogen) atoms. The Hall–Kier alpha value is -2.22. The van der Waals surface area contributed by atoms with Gasteiger partial charge >= 0.3 is 5.97 Å². The van der Waals surface area contributed by atoms with Crippen LogP contribution in [0.1, 0.15) is 33.8 Å². The molecule has 1 aromatic heterocycles. The molecule has 1 aliphatic carbocycles. The number of nitrogens with zero attached hydrogens (tertiary/aromatic N) is 3. The number of fused-ring (bicyclic) bond motifs is 2. The van der Waals surface area contributed by atoms with Crippen molar-refractivity contribution in [1.82, 2.24) is 9.88 Å². The van der Waals surface area contributed by atoms with Gasteiger partial charge in [0.2, 0.25) is 6.29 Å². The van der Waals surface area contributed by atoms with Gasteiger partial charge in [-0.1, -0.05) is 18.2 Å². The van der Waals surface area contributed by atoms with E-state index < -0.39 is 12.3 Å². The van der Waals surface area contributed by atoms with E-state index in [1.807, 2.05) is 0 Å². The van der Waals surface area contributed by atoms with E-state index in [1.54, 1.807) is 19.4 Å². The van der Waals surface area contributed by atoms with Crippen LogP contribution in [0.2, 0.25) is 0 Å². The van der Waals surface area contributed by atoms with Crippen molar-refractivity contribution in [2.24, 2.45) is 5.92 Å². The van der Waals surface area contributed by atoms with E-state index in [0.29, 0.717) is 17.5 Å². The summed E-state index contributed by atoms with van der Waals surface area (Å²) in [6.07, 6.45) is 5.86. The summed E-state index contributed by atoms with van der Waals surface area (Å²) in [5.41, 5.74) is 5.85. The molecule has 6 nitrogen and oxygen atoms in total. The van der Waals surface area contributed by atoms with Crippen LogP contribution in [-0.4, -0.2) is 62.5 Å². The summed E-state index contributed by atoms with van der Waals surface area (Å²) in [5.74, 6) is 0.0732. The summed E-state index contributed by atoms with van der Waals surface area (Å²) in [5, 5.41) is 0. The maximum absolute atomic E-state index is 12.7. The van der Waals surface area contributed by atoms with Crippen molar-refractivity contribution in [3.8, 4) is 0 Å². The van der Waals surface area contributed by atoms with Gasteiger partial charge in [0.1, 0.15) is 0 Å². The van der Waals surface area contributed by atoms with Crippen molar-refractivity contribution >= 4 is 33.2 Å². The highest BCUT2D eigenvalue weighted by atomic mass is 79.9. The number of carbonyl (C=O) groups excluding carboxylic acids is 1. The van der Waals surface area contributed by atoms with Gasteiger partial charge in [0, 0.05) is 61.8 Å². The Morgan fingerprint density at radius 1 is 1.26 bits per heavy atom. The summed E-state index contributed by atoms with van der Waals surface area (Å²) in [7, 11) is 5.93. The number of halogens is 1. The minimum absolute atomic E-state index is 0.0585. The lowest BCUT2D eigenvalue weighted by Gasteiger charge is -2.43. The number of aromatic nitrogens is 1. The first-order chi connectivity index (χ1) is 15.0. The van der Waals surface area contributed by atoms with E-state index >= 15 is 0 Å². The van der Waals surface area contributed by atoms with Crippen LogP contribution in [0.5, 0.6) is 0 Å². The second-order valence-corrected chi connectivity index (χ2v) is 9.61. The molecule has 0 spiro atoms. The van der Waals surface area contributed by atoms with Crippen LogP contribution in [0.4, 0.5) is 5.69 Å². The van der Waals surface area contributed by atoms with Gasteiger partial charge in [0.05, 0.1) is 11.5 Å². The number of rotatable bonds is 4. The van der Waals surface area contributed by atoms with Crippen LogP contribution >= 0.6 is 15.9 Å². The number of ether oxygens (including phenoxy) is 2. The summed E-state index contributed by atoms with van der Waals surface area (Å²) in [6, 6.07) is 8.68. The molecule has 0 N–H and O–H groups in total. The molecule has 0 amide bonds. The van der Waals surface area contributed by atoms with Crippen molar-refractivity contribution in [3.63, 3.8) is 0 Å². The largest absolute Gasteiger partial charge is 0.431 e. The average molecular weight is 484 g/mol. The van der Waals surface area contributed by atoms with Gasteiger partial charge in [-0.2, -0.15) is 0 Å². The number of carbonyl (C=O) groups is 1. The molecule has 2 unspecified atom stereocenters. The molecule has 0 saturated heterocycles. The topological polar surface area (TPSA) is 54.9 Å². The third kappa shape index (κ3) is 3.58. The highest BCUT2D eigenvalue weighted by Gasteiger charge is 2.42. The van der Waals surface area contributed by atoms with Crippen molar-refractivity contribution in [2.75, 3.05) is 39.2 Å². The predicted molar refractivity (Wildman–Crippen MR) is 123 cm³/mol. The number of anilines is 1.